The quantitative estimate of drug-likeness (QED) is 0.748. The fourth-order valence-electron chi connectivity index (χ4n) is 2.22. The highest BCUT2D eigenvalue weighted by atomic mass is 19.1. The number of hydrogen-bond acceptors (Lipinski definition) is 4. The number of carbonyl (C=O) groups is 1. The first-order chi connectivity index (χ1) is 12.0. The lowest BCUT2D eigenvalue weighted by Crippen LogP contribution is -2.14. The summed E-state index contributed by atoms with van der Waals surface area (Å²) >= 11 is 0. The fourth-order valence-corrected chi connectivity index (χ4v) is 2.22. The maximum atomic E-state index is 12.9. The fraction of sp³-hybridized carbons (Fsp3) is 0.105. The van der Waals surface area contributed by atoms with Crippen molar-refractivity contribution in [3.63, 3.8) is 0 Å². The number of aryl methyl sites for hydroxylation is 2. The van der Waals surface area contributed by atoms with Gasteiger partial charge in [0.05, 0.1) is 0 Å². The van der Waals surface area contributed by atoms with Gasteiger partial charge in [-0.2, -0.15) is 0 Å². The Kier molecular flexibility index (Phi) is 4.70. The molecule has 0 aliphatic carbocycles. The van der Waals surface area contributed by atoms with Gasteiger partial charge >= 0.3 is 0 Å². The number of benzene rings is 2. The maximum absolute atomic E-state index is 12.9. The number of amides is 1. The van der Waals surface area contributed by atoms with Crippen LogP contribution in [0.1, 0.15) is 21.6 Å². The molecule has 3 aromatic rings. The Bertz CT molecular complexity index is 910. The lowest BCUT2D eigenvalue weighted by atomic mass is 10.1. The van der Waals surface area contributed by atoms with Gasteiger partial charge in [-0.05, 0) is 67.4 Å². The van der Waals surface area contributed by atoms with E-state index in [1.165, 1.54) is 42.1 Å². The molecule has 0 aliphatic rings. The minimum atomic E-state index is -0.392. The van der Waals surface area contributed by atoms with Gasteiger partial charge < -0.3 is 10.6 Å². The van der Waals surface area contributed by atoms with E-state index < -0.39 is 5.91 Å². The largest absolute Gasteiger partial charge is 0.324 e. The number of nitrogens with zero attached hydrogens (tertiary/aromatic N) is 2. The summed E-state index contributed by atoms with van der Waals surface area (Å²) in [5.74, 6) is -0.424. The summed E-state index contributed by atoms with van der Waals surface area (Å²) in [4.78, 5) is 20.6. The van der Waals surface area contributed by atoms with Gasteiger partial charge in [-0.25, -0.2) is 14.4 Å². The molecule has 0 atom stereocenters. The number of carbonyl (C=O) groups excluding carboxylic acids is 1. The number of hydrogen-bond donors (Lipinski definition) is 2. The van der Waals surface area contributed by atoms with Crippen LogP contribution >= 0.6 is 0 Å². The minimum Gasteiger partial charge on any atom is -0.324 e. The van der Waals surface area contributed by atoms with Crippen molar-refractivity contribution in [1.82, 2.24) is 9.97 Å². The summed E-state index contributed by atoms with van der Waals surface area (Å²) in [5.41, 5.74) is 3.90. The molecule has 0 unspecified atom stereocenters. The second kappa shape index (κ2) is 7.09. The van der Waals surface area contributed by atoms with Crippen LogP contribution in [0.25, 0.3) is 0 Å². The zero-order chi connectivity index (χ0) is 17.8. The summed E-state index contributed by atoms with van der Waals surface area (Å²) in [6.45, 7) is 4.06. The molecule has 126 valence electrons. The summed E-state index contributed by atoms with van der Waals surface area (Å²) in [7, 11) is 0. The van der Waals surface area contributed by atoms with Gasteiger partial charge in [-0.1, -0.05) is 6.07 Å². The lowest BCUT2D eigenvalue weighted by molar-refractivity contribution is 0.102. The molecule has 5 nitrogen and oxygen atoms in total. The maximum Gasteiger partial charge on any atom is 0.274 e. The molecule has 2 N–H and O–H groups in total. The smallest absolute Gasteiger partial charge is 0.274 e. The standard InChI is InChI=1S/C19H17FN4O/c1-12-3-6-16(11-13(12)2)23-19-21-10-9-17(24-19)18(25)22-15-7-4-14(20)5-8-15/h3-11H,1-2H3,(H,22,25)(H,21,23,24). The van der Waals surface area contributed by atoms with Crippen LogP contribution in [0.2, 0.25) is 0 Å². The third-order valence-electron chi connectivity index (χ3n) is 3.75. The van der Waals surface area contributed by atoms with Crippen molar-refractivity contribution in [2.45, 2.75) is 13.8 Å². The Morgan fingerprint density at radius 3 is 2.40 bits per heavy atom. The van der Waals surface area contributed by atoms with Crippen LogP contribution in [0.5, 0.6) is 0 Å². The van der Waals surface area contributed by atoms with Crippen molar-refractivity contribution in [2.24, 2.45) is 0 Å². The summed E-state index contributed by atoms with van der Waals surface area (Å²) in [5, 5.41) is 5.76. The first-order valence-electron chi connectivity index (χ1n) is 7.75. The van der Waals surface area contributed by atoms with E-state index in [2.05, 4.69) is 20.6 Å². The van der Waals surface area contributed by atoms with Crippen molar-refractivity contribution >= 4 is 23.2 Å². The van der Waals surface area contributed by atoms with Gasteiger partial charge in [0.15, 0.2) is 0 Å². The van der Waals surface area contributed by atoms with Crippen molar-refractivity contribution in [3.8, 4) is 0 Å². The van der Waals surface area contributed by atoms with E-state index in [0.717, 1.165) is 11.3 Å². The van der Waals surface area contributed by atoms with Gasteiger partial charge in [-0.3, -0.25) is 4.79 Å². The molecule has 1 aromatic heterocycles. The van der Waals surface area contributed by atoms with E-state index in [-0.39, 0.29) is 11.5 Å². The van der Waals surface area contributed by atoms with Crippen LogP contribution < -0.4 is 10.6 Å². The van der Waals surface area contributed by atoms with E-state index in [1.807, 2.05) is 32.0 Å². The van der Waals surface area contributed by atoms with E-state index in [4.69, 9.17) is 0 Å². The summed E-state index contributed by atoms with van der Waals surface area (Å²) < 4.78 is 12.9. The van der Waals surface area contributed by atoms with Crippen LogP contribution in [0, 0.1) is 19.7 Å². The second-order valence-electron chi connectivity index (χ2n) is 5.65. The van der Waals surface area contributed by atoms with E-state index in [9.17, 15) is 9.18 Å². The van der Waals surface area contributed by atoms with Crippen molar-refractivity contribution < 1.29 is 9.18 Å². The number of aromatic nitrogens is 2. The highest BCUT2D eigenvalue weighted by molar-refractivity contribution is 6.02. The molecular formula is C19H17FN4O. The SMILES string of the molecule is Cc1ccc(Nc2nccc(C(=O)Nc3ccc(F)cc3)n2)cc1C. The van der Waals surface area contributed by atoms with Gasteiger partial charge in [0.2, 0.25) is 5.95 Å². The van der Waals surface area contributed by atoms with E-state index in [1.54, 1.807) is 0 Å². The van der Waals surface area contributed by atoms with E-state index >= 15 is 0 Å². The first kappa shape index (κ1) is 16.6. The third-order valence-corrected chi connectivity index (χ3v) is 3.75. The summed E-state index contributed by atoms with van der Waals surface area (Å²) in [6, 6.07) is 13.0. The molecule has 0 aliphatic heterocycles. The average molecular weight is 336 g/mol. The molecule has 25 heavy (non-hydrogen) atoms. The Balaban J connectivity index is 1.75. The Morgan fingerprint density at radius 2 is 1.68 bits per heavy atom. The van der Waals surface area contributed by atoms with Crippen LogP contribution in [0.4, 0.5) is 21.7 Å². The molecule has 3 rings (SSSR count). The number of rotatable bonds is 4. The number of halogens is 1. The van der Waals surface area contributed by atoms with Crippen molar-refractivity contribution in [3.05, 3.63) is 77.4 Å². The Hall–Kier alpha value is -3.28. The van der Waals surface area contributed by atoms with Gasteiger partial charge in [-0.15, -0.1) is 0 Å². The molecule has 1 amide bonds. The molecule has 0 spiro atoms. The highest BCUT2D eigenvalue weighted by Gasteiger charge is 2.10. The zero-order valence-electron chi connectivity index (χ0n) is 13.9. The van der Waals surface area contributed by atoms with Gasteiger partial charge in [0.1, 0.15) is 11.5 Å². The molecular weight excluding hydrogens is 319 g/mol. The molecule has 2 aromatic carbocycles. The van der Waals surface area contributed by atoms with Gasteiger partial charge in [0.25, 0.3) is 5.91 Å². The molecule has 0 radical (unpaired) electrons. The first-order valence-corrected chi connectivity index (χ1v) is 7.75. The molecule has 0 saturated carbocycles. The minimum absolute atomic E-state index is 0.214. The van der Waals surface area contributed by atoms with Crippen LogP contribution in [-0.4, -0.2) is 15.9 Å². The number of nitrogens with one attached hydrogen (secondary N) is 2. The zero-order valence-corrected chi connectivity index (χ0v) is 13.9. The lowest BCUT2D eigenvalue weighted by Gasteiger charge is -2.09. The predicted octanol–water partition coefficient (Wildman–Crippen LogP) is 4.23. The topological polar surface area (TPSA) is 66.9 Å². The second-order valence-corrected chi connectivity index (χ2v) is 5.65. The predicted molar refractivity (Wildman–Crippen MR) is 95.6 cm³/mol. The number of anilines is 3. The monoisotopic (exact) mass is 336 g/mol. The molecule has 0 fully saturated rings. The third kappa shape index (κ3) is 4.17. The van der Waals surface area contributed by atoms with Crippen LogP contribution in [0.15, 0.2) is 54.7 Å². The molecule has 1 heterocycles. The molecule has 0 bridgehead atoms. The van der Waals surface area contributed by atoms with Crippen LogP contribution in [-0.2, 0) is 0 Å². The Labute approximate surface area is 145 Å². The van der Waals surface area contributed by atoms with Crippen molar-refractivity contribution in [1.29, 1.82) is 0 Å². The molecule has 6 heteroatoms. The average Bonchev–Trinajstić information content (AvgIpc) is 2.60. The van der Waals surface area contributed by atoms with Crippen molar-refractivity contribution in [2.75, 3.05) is 10.6 Å². The highest BCUT2D eigenvalue weighted by Crippen LogP contribution is 2.17. The summed E-state index contributed by atoms with van der Waals surface area (Å²) in [6.07, 6.45) is 1.51. The van der Waals surface area contributed by atoms with E-state index in [0.29, 0.717) is 11.6 Å². The van der Waals surface area contributed by atoms with Crippen LogP contribution in [0.3, 0.4) is 0 Å². The Morgan fingerprint density at radius 1 is 0.960 bits per heavy atom. The molecule has 0 saturated heterocycles. The normalized spacial score (nSPS) is 10.4. The van der Waals surface area contributed by atoms with Gasteiger partial charge in [0, 0.05) is 17.6 Å².